The predicted octanol–water partition coefficient (Wildman–Crippen LogP) is 2.40. The summed E-state index contributed by atoms with van der Waals surface area (Å²) >= 11 is -2.20. The summed E-state index contributed by atoms with van der Waals surface area (Å²) in [6, 6.07) is 12.8. The largest absolute Gasteiger partial charge is 0.478 e. The van der Waals surface area contributed by atoms with Crippen molar-refractivity contribution in [2.24, 2.45) is 0 Å². The molecule has 130 valence electrons. The summed E-state index contributed by atoms with van der Waals surface area (Å²) in [7, 11) is 0. The van der Waals surface area contributed by atoms with Crippen molar-refractivity contribution in [2.45, 2.75) is 6.92 Å². The Bertz CT molecular complexity index is 846. The summed E-state index contributed by atoms with van der Waals surface area (Å²) in [6.07, 6.45) is 1.15. The standard InChI is InChI=1S/C17H16N2O5S/c1-11-4-2-3-5-14(11)15(17(21)22)10-18-16(20)12-6-8-13(9-7-12)19-25(23)24/h2-10,19H,1H3,(H,18,20)(H,21,22)(H,23,24)/b15-10-. The Balaban J connectivity index is 2.18. The van der Waals surface area contributed by atoms with Gasteiger partial charge in [0.15, 0.2) is 0 Å². The summed E-state index contributed by atoms with van der Waals surface area (Å²) in [5.74, 6) is -1.65. The molecule has 0 saturated carbocycles. The molecule has 4 N–H and O–H groups in total. The number of aryl methyl sites for hydroxylation is 1. The van der Waals surface area contributed by atoms with Crippen molar-refractivity contribution in [2.75, 3.05) is 4.72 Å². The maximum atomic E-state index is 12.1. The molecule has 8 heteroatoms. The van der Waals surface area contributed by atoms with Crippen LogP contribution in [0.2, 0.25) is 0 Å². The van der Waals surface area contributed by atoms with Gasteiger partial charge >= 0.3 is 5.97 Å². The second-order valence-corrected chi connectivity index (χ2v) is 5.78. The Labute approximate surface area is 146 Å². The Morgan fingerprint density at radius 1 is 1.08 bits per heavy atom. The maximum Gasteiger partial charge on any atom is 0.337 e. The second kappa shape index (κ2) is 8.22. The van der Waals surface area contributed by atoms with Crippen LogP contribution < -0.4 is 10.0 Å². The van der Waals surface area contributed by atoms with E-state index in [1.807, 2.05) is 0 Å². The second-order valence-electron chi connectivity index (χ2n) is 5.08. The van der Waals surface area contributed by atoms with E-state index in [4.69, 9.17) is 4.55 Å². The summed E-state index contributed by atoms with van der Waals surface area (Å²) in [6.45, 7) is 1.78. The topological polar surface area (TPSA) is 116 Å². The Morgan fingerprint density at radius 3 is 2.28 bits per heavy atom. The summed E-state index contributed by atoms with van der Waals surface area (Å²) in [4.78, 5) is 23.6. The molecule has 0 radical (unpaired) electrons. The van der Waals surface area contributed by atoms with Crippen molar-refractivity contribution in [3.05, 3.63) is 71.4 Å². The number of amides is 1. The van der Waals surface area contributed by atoms with Crippen molar-refractivity contribution in [3.8, 4) is 0 Å². The van der Waals surface area contributed by atoms with Crippen LogP contribution in [0, 0.1) is 6.92 Å². The minimum absolute atomic E-state index is 0.0274. The average Bonchev–Trinajstić information content (AvgIpc) is 2.56. The molecule has 0 fully saturated rings. The number of carbonyl (C=O) groups is 2. The highest BCUT2D eigenvalue weighted by molar-refractivity contribution is 7.80. The molecule has 0 aliphatic carbocycles. The average molecular weight is 360 g/mol. The van der Waals surface area contributed by atoms with Crippen molar-refractivity contribution >= 4 is 34.4 Å². The number of benzene rings is 2. The zero-order valence-electron chi connectivity index (χ0n) is 13.2. The molecule has 0 spiro atoms. The first-order valence-corrected chi connectivity index (χ1v) is 8.27. The van der Waals surface area contributed by atoms with Crippen molar-refractivity contribution in [1.82, 2.24) is 5.32 Å². The molecule has 0 bridgehead atoms. The first-order valence-electron chi connectivity index (χ1n) is 7.16. The Morgan fingerprint density at radius 2 is 1.72 bits per heavy atom. The van der Waals surface area contributed by atoms with Crippen LogP contribution in [0.15, 0.2) is 54.7 Å². The molecule has 7 nitrogen and oxygen atoms in total. The maximum absolute atomic E-state index is 12.1. The van der Waals surface area contributed by atoms with E-state index in [-0.39, 0.29) is 11.1 Å². The fraction of sp³-hybridized carbons (Fsp3) is 0.0588. The molecule has 1 amide bonds. The molecule has 0 aliphatic heterocycles. The van der Waals surface area contributed by atoms with Gasteiger partial charge in [0, 0.05) is 17.5 Å². The predicted molar refractivity (Wildman–Crippen MR) is 95.1 cm³/mol. The lowest BCUT2D eigenvalue weighted by Crippen LogP contribution is -2.19. The van der Waals surface area contributed by atoms with E-state index in [9.17, 15) is 18.9 Å². The van der Waals surface area contributed by atoms with Gasteiger partial charge in [-0.1, -0.05) is 24.3 Å². The lowest BCUT2D eigenvalue weighted by molar-refractivity contribution is -0.130. The number of aliphatic carboxylic acids is 1. The van der Waals surface area contributed by atoms with Gasteiger partial charge in [-0.2, -0.15) is 0 Å². The van der Waals surface area contributed by atoms with Crippen LogP contribution in [-0.2, 0) is 16.1 Å². The normalized spacial score (nSPS) is 12.3. The fourth-order valence-corrected chi connectivity index (χ4v) is 2.48. The van der Waals surface area contributed by atoms with Crippen molar-refractivity contribution in [3.63, 3.8) is 0 Å². The number of anilines is 1. The summed E-state index contributed by atoms with van der Waals surface area (Å²) in [5.41, 5.74) is 1.91. The Kier molecular flexibility index (Phi) is 6.04. The highest BCUT2D eigenvalue weighted by atomic mass is 32.2. The molecule has 0 aliphatic rings. The van der Waals surface area contributed by atoms with E-state index in [0.29, 0.717) is 11.3 Å². The van der Waals surface area contributed by atoms with E-state index in [1.54, 1.807) is 31.2 Å². The summed E-state index contributed by atoms with van der Waals surface area (Å²) < 4.78 is 21.6. The van der Waals surface area contributed by atoms with E-state index >= 15 is 0 Å². The smallest absolute Gasteiger partial charge is 0.337 e. The number of hydrogen-bond acceptors (Lipinski definition) is 3. The highest BCUT2D eigenvalue weighted by Crippen LogP contribution is 2.18. The van der Waals surface area contributed by atoms with Gasteiger partial charge in [-0.25, -0.2) is 9.00 Å². The minimum atomic E-state index is -2.20. The molecule has 2 rings (SSSR count). The van der Waals surface area contributed by atoms with Crippen LogP contribution in [-0.4, -0.2) is 25.7 Å². The van der Waals surface area contributed by atoms with E-state index in [2.05, 4.69) is 10.0 Å². The SMILES string of the molecule is Cc1ccccc1/C(=C/NC(=O)c1ccc(NS(=O)O)cc1)C(=O)O. The monoisotopic (exact) mass is 360 g/mol. The Hall–Kier alpha value is -2.97. The fourth-order valence-electron chi connectivity index (χ4n) is 2.14. The van der Waals surface area contributed by atoms with Crippen LogP contribution in [0.5, 0.6) is 0 Å². The van der Waals surface area contributed by atoms with Crippen LogP contribution in [0.1, 0.15) is 21.5 Å². The lowest BCUT2D eigenvalue weighted by Gasteiger charge is -2.08. The molecule has 1 unspecified atom stereocenters. The third-order valence-corrected chi connectivity index (χ3v) is 3.78. The van der Waals surface area contributed by atoms with E-state index < -0.39 is 23.1 Å². The molecular formula is C17H16N2O5S. The van der Waals surface area contributed by atoms with Crippen molar-refractivity contribution in [1.29, 1.82) is 0 Å². The van der Waals surface area contributed by atoms with Crippen molar-refractivity contribution < 1.29 is 23.5 Å². The first kappa shape index (κ1) is 18.4. The molecule has 0 heterocycles. The number of hydrogen-bond donors (Lipinski definition) is 4. The van der Waals surface area contributed by atoms with Gasteiger partial charge in [-0.05, 0) is 42.3 Å². The van der Waals surface area contributed by atoms with Gasteiger partial charge in [-0.3, -0.25) is 14.1 Å². The summed E-state index contributed by atoms with van der Waals surface area (Å²) in [5, 5.41) is 11.8. The zero-order chi connectivity index (χ0) is 18.4. The van der Waals surface area contributed by atoms with E-state index in [1.165, 1.54) is 24.3 Å². The van der Waals surface area contributed by atoms with Crippen LogP contribution in [0.4, 0.5) is 5.69 Å². The quantitative estimate of drug-likeness (QED) is 0.466. The molecule has 2 aromatic rings. The molecule has 2 aromatic carbocycles. The third kappa shape index (κ3) is 5.00. The van der Waals surface area contributed by atoms with Gasteiger partial charge in [0.25, 0.3) is 17.2 Å². The number of carboxylic acids is 1. The number of carbonyl (C=O) groups excluding carboxylic acids is 1. The highest BCUT2D eigenvalue weighted by Gasteiger charge is 2.13. The lowest BCUT2D eigenvalue weighted by atomic mass is 10.0. The number of rotatable bonds is 6. The van der Waals surface area contributed by atoms with Crippen LogP contribution in [0.3, 0.4) is 0 Å². The van der Waals surface area contributed by atoms with Gasteiger partial charge in [-0.15, -0.1) is 0 Å². The van der Waals surface area contributed by atoms with Gasteiger partial charge in [0.05, 0.1) is 5.57 Å². The van der Waals surface area contributed by atoms with Gasteiger partial charge < -0.3 is 10.4 Å². The molecule has 0 saturated heterocycles. The zero-order valence-corrected chi connectivity index (χ0v) is 14.0. The molecule has 0 aromatic heterocycles. The molecule has 1 atom stereocenters. The molecular weight excluding hydrogens is 344 g/mol. The number of carboxylic acid groups (broad SMARTS) is 1. The van der Waals surface area contributed by atoms with E-state index in [0.717, 1.165) is 11.8 Å². The third-order valence-electron chi connectivity index (χ3n) is 3.37. The molecule has 25 heavy (non-hydrogen) atoms. The van der Waals surface area contributed by atoms with Gasteiger partial charge in [0.2, 0.25) is 0 Å². The van der Waals surface area contributed by atoms with Gasteiger partial charge in [0.1, 0.15) is 0 Å². The van der Waals surface area contributed by atoms with Crippen LogP contribution >= 0.6 is 0 Å². The number of nitrogens with one attached hydrogen (secondary N) is 2. The first-order chi connectivity index (χ1) is 11.9. The van der Waals surface area contributed by atoms with Crippen LogP contribution in [0.25, 0.3) is 5.57 Å². The minimum Gasteiger partial charge on any atom is -0.478 e.